The third-order valence-electron chi connectivity index (χ3n) is 4.58. The van der Waals surface area contributed by atoms with Crippen molar-refractivity contribution in [3.05, 3.63) is 52.8 Å². The van der Waals surface area contributed by atoms with E-state index >= 15 is 0 Å². The van der Waals surface area contributed by atoms with Crippen molar-refractivity contribution in [3.63, 3.8) is 0 Å². The van der Waals surface area contributed by atoms with Crippen molar-refractivity contribution >= 4 is 11.9 Å². The Labute approximate surface area is 140 Å². The average Bonchev–Trinajstić information content (AvgIpc) is 2.88. The van der Waals surface area contributed by atoms with Gasteiger partial charge in [0.05, 0.1) is 5.69 Å². The average molecular weight is 327 g/mol. The van der Waals surface area contributed by atoms with Crippen LogP contribution in [0.3, 0.4) is 0 Å². The highest BCUT2D eigenvalue weighted by atomic mass is 16.4. The SMILES string of the molecule is Cc1nn(C)cc1CCC(=O)N1Cc2ccccc2CC1C(=O)O. The van der Waals surface area contributed by atoms with Crippen LogP contribution in [0.1, 0.15) is 28.8 Å². The van der Waals surface area contributed by atoms with E-state index in [0.717, 1.165) is 22.4 Å². The third-order valence-corrected chi connectivity index (χ3v) is 4.58. The fourth-order valence-corrected chi connectivity index (χ4v) is 3.29. The molecule has 1 atom stereocenters. The molecule has 0 aliphatic carbocycles. The molecule has 0 bridgehead atoms. The topological polar surface area (TPSA) is 75.4 Å². The molecule has 0 radical (unpaired) electrons. The van der Waals surface area contributed by atoms with Gasteiger partial charge in [-0.25, -0.2) is 4.79 Å². The number of carboxylic acids is 1. The van der Waals surface area contributed by atoms with Crippen molar-refractivity contribution in [1.29, 1.82) is 0 Å². The predicted molar refractivity (Wildman–Crippen MR) is 88.4 cm³/mol. The summed E-state index contributed by atoms with van der Waals surface area (Å²) < 4.78 is 1.73. The van der Waals surface area contributed by atoms with Gasteiger partial charge in [-0.3, -0.25) is 9.48 Å². The van der Waals surface area contributed by atoms with Gasteiger partial charge < -0.3 is 10.0 Å². The van der Waals surface area contributed by atoms with Gasteiger partial charge in [0, 0.05) is 32.6 Å². The second-order valence-electron chi connectivity index (χ2n) is 6.26. The van der Waals surface area contributed by atoms with E-state index in [9.17, 15) is 14.7 Å². The van der Waals surface area contributed by atoms with Gasteiger partial charge in [0.15, 0.2) is 0 Å². The van der Waals surface area contributed by atoms with E-state index in [0.29, 0.717) is 25.8 Å². The first kappa shape index (κ1) is 16.2. The Morgan fingerprint density at radius 3 is 2.62 bits per heavy atom. The number of carbonyl (C=O) groups is 2. The van der Waals surface area contributed by atoms with E-state index in [1.165, 1.54) is 4.90 Å². The van der Waals surface area contributed by atoms with Gasteiger partial charge in [-0.15, -0.1) is 0 Å². The number of benzene rings is 1. The van der Waals surface area contributed by atoms with Crippen molar-refractivity contribution in [1.82, 2.24) is 14.7 Å². The molecule has 3 rings (SSSR count). The molecule has 0 spiro atoms. The second kappa shape index (κ2) is 6.47. The normalized spacial score (nSPS) is 16.8. The highest BCUT2D eigenvalue weighted by molar-refractivity contribution is 5.84. The summed E-state index contributed by atoms with van der Waals surface area (Å²) in [4.78, 5) is 25.7. The van der Waals surface area contributed by atoms with E-state index < -0.39 is 12.0 Å². The van der Waals surface area contributed by atoms with Crippen LogP contribution < -0.4 is 0 Å². The van der Waals surface area contributed by atoms with Gasteiger partial charge in [-0.2, -0.15) is 5.10 Å². The molecule has 1 aromatic heterocycles. The molecule has 6 heteroatoms. The summed E-state index contributed by atoms with van der Waals surface area (Å²) in [6.45, 7) is 2.27. The summed E-state index contributed by atoms with van der Waals surface area (Å²) >= 11 is 0. The maximum Gasteiger partial charge on any atom is 0.326 e. The molecule has 1 aliphatic rings. The minimum atomic E-state index is -0.949. The van der Waals surface area contributed by atoms with Gasteiger partial charge in [0.1, 0.15) is 6.04 Å². The summed E-state index contributed by atoms with van der Waals surface area (Å²) in [7, 11) is 1.85. The monoisotopic (exact) mass is 327 g/mol. The number of rotatable bonds is 4. The fourth-order valence-electron chi connectivity index (χ4n) is 3.29. The molecule has 24 heavy (non-hydrogen) atoms. The van der Waals surface area contributed by atoms with Crippen LogP contribution in [0.5, 0.6) is 0 Å². The van der Waals surface area contributed by atoms with Crippen molar-refractivity contribution in [2.45, 2.75) is 38.8 Å². The zero-order chi connectivity index (χ0) is 17.3. The van der Waals surface area contributed by atoms with Crippen molar-refractivity contribution in [2.75, 3.05) is 0 Å². The standard InChI is InChI=1S/C18H21N3O3/c1-12-14(10-20(2)19-12)7-8-17(22)21-11-15-6-4-3-5-13(15)9-16(21)18(23)24/h3-6,10,16H,7-9,11H2,1-2H3,(H,23,24). The Hall–Kier alpha value is -2.63. The van der Waals surface area contributed by atoms with Crippen LogP contribution >= 0.6 is 0 Å². The number of aryl methyl sites for hydroxylation is 3. The quantitative estimate of drug-likeness (QED) is 0.927. The zero-order valence-electron chi connectivity index (χ0n) is 13.9. The number of amides is 1. The number of aliphatic carboxylic acids is 1. The highest BCUT2D eigenvalue weighted by Crippen LogP contribution is 2.24. The van der Waals surface area contributed by atoms with Crippen LogP contribution in [0.15, 0.2) is 30.5 Å². The number of aromatic nitrogens is 2. The minimum absolute atomic E-state index is 0.125. The smallest absolute Gasteiger partial charge is 0.326 e. The first-order valence-corrected chi connectivity index (χ1v) is 8.04. The lowest BCUT2D eigenvalue weighted by Gasteiger charge is -2.34. The van der Waals surface area contributed by atoms with E-state index in [1.54, 1.807) is 4.68 Å². The summed E-state index contributed by atoms with van der Waals surface area (Å²) in [5, 5.41) is 13.8. The summed E-state index contributed by atoms with van der Waals surface area (Å²) in [5.41, 5.74) is 3.97. The lowest BCUT2D eigenvalue weighted by molar-refractivity contribution is -0.151. The first-order valence-electron chi connectivity index (χ1n) is 8.04. The maximum atomic E-state index is 12.6. The predicted octanol–water partition coefficient (Wildman–Crippen LogP) is 1.70. The Kier molecular flexibility index (Phi) is 4.38. The highest BCUT2D eigenvalue weighted by Gasteiger charge is 2.34. The molecule has 0 fully saturated rings. The molecule has 2 heterocycles. The molecule has 1 amide bonds. The second-order valence-corrected chi connectivity index (χ2v) is 6.26. The van der Waals surface area contributed by atoms with Crippen LogP contribution in [0.4, 0.5) is 0 Å². The van der Waals surface area contributed by atoms with E-state index in [2.05, 4.69) is 5.10 Å². The van der Waals surface area contributed by atoms with Gasteiger partial charge in [-0.05, 0) is 30.0 Å². The van der Waals surface area contributed by atoms with Crippen LogP contribution in [0, 0.1) is 6.92 Å². The van der Waals surface area contributed by atoms with Crippen molar-refractivity contribution in [3.8, 4) is 0 Å². The van der Waals surface area contributed by atoms with Crippen LogP contribution in [-0.4, -0.2) is 37.7 Å². The van der Waals surface area contributed by atoms with Gasteiger partial charge in [0.25, 0.3) is 0 Å². The molecular formula is C18H21N3O3. The van der Waals surface area contributed by atoms with E-state index in [-0.39, 0.29) is 5.91 Å². The number of hydrogen-bond acceptors (Lipinski definition) is 3. The number of nitrogens with zero attached hydrogens (tertiary/aromatic N) is 3. The van der Waals surface area contributed by atoms with E-state index in [1.807, 2.05) is 44.4 Å². The summed E-state index contributed by atoms with van der Waals surface area (Å²) in [5.74, 6) is -1.07. The zero-order valence-corrected chi connectivity index (χ0v) is 13.9. The number of fused-ring (bicyclic) bond motifs is 1. The molecule has 1 N–H and O–H groups in total. The molecule has 6 nitrogen and oxygen atoms in total. The number of carboxylic acid groups (broad SMARTS) is 1. The number of carbonyl (C=O) groups excluding carboxylic acids is 1. The van der Waals surface area contributed by atoms with Crippen LogP contribution in [0.2, 0.25) is 0 Å². The Morgan fingerprint density at radius 2 is 2.00 bits per heavy atom. The summed E-state index contributed by atoms with van der Waals surface area (Å²) in [6, 6.07) is 6.93. The third kappa shape index (κ3) is 3.18. The minimum Gasteiger partial charge on any atom is -0.480 e. The van der Waals surface area contributed by atoms with Gasteiger partial charge in [0.2, 0.25) is 5.91 Å². The molecular weight excluding hydrogens is 306 g/mol. The lowest BCUT2D eigenvalue weighted by atomic mass is 9.93. The molecule has 0 saturated carbocycles. The van der Waals surface area contributed by atoms with E-state index in [4.69, 9.17) is 0 Å². The molecule has 126 valence electrons. The maximum absolute atomic E-state index is 12.6. The summed E-state index contributed by atoms with van der Waals surface area (Å²) in [6.07, 6.45) is 3.13. The molecule has 1 aromatic carbocycles. The lowest BCUT2D eigenvalue weighted by Crippen LogP contribution is -2.48. The van der Waals surface area contributed by atoms with Gasteiger partial charge >= 0.3 is 5.97 Å². The van der Waals surface area contributed by atoms with Crippen molar-refractivity contribution < 1.29 is 14.7 Å². The first-order chi connectivity index (χ1) is 11.5. The fraction of sp³-hybridized carbons (Fsp3) is 0.389. The molecule has 1 aliphatic heterocycles. The van der Waals surface area contributed by atoms with Crippen LogP contribution in [0.25, 0.3) is 0 Å². The molecule has 2 aromatic rings. The van der Waals surface area contributed by atoms with Crippen LogP contribution in [-0.2, 0) is 36.0 Å². The van der Waals surface area contributed by atoms with Crippen molar-refractivity contribution in [2.24, 2.45) is 7.05 Å². The molecule has 1 unspecified atom stereocenters. The Balaban J connectivity index is 1.75. The largest absolute Gasteiger partial charge is 0.480 e. The Bertz CT molecular complexity index is 782. The Morgan fingerprint density at radius 1 is 1.29 bits per heavy atom. The number of hydrogen-bond donors (Lipinski definition) is 1. The van der Waals surface area contributed by atoms with Gasteiger partial charge in [-0.1, -0.05) is 24.3 Å². The molecule has 0 saturated heterocycles.